The van der Waals surface area contributed by atoms with Crippen LogP contribution in [0, 0.1) is 18.3 Å². The number of rotatable bonds is 3. The third-order valence-corrected chi connectivity index (χ3v) is 6.15. The molecule has 0 amide bonds. The first-order valence-electron chi connectivity index (χ1n) is 10.3. The van der Waals surface area contributed by atoms with Crippen LogP contribution in [0.5, 0.6) is 0 Å². The zero-order valence-corrected chi connectivity index (χ0v) is 18.7. The molecule has 5 aromatic rings. The molecular weight excluding hydrogens is 418 g/mol. The van der Waals surface area contributed by atoms with Gasteiger partial charge in [-0.1, -0.05) is 41.9 Å². The molecule has 3 heterocycles. The number of benzene rings is 2. The summed E-state index contributed by atoms with van der Waals surface area (Å²) >= 11 is 6.05. The van der Waals surface area contributed by atoms with E-state index in [2.05, 4.69) is 38.4 Å². The van der Waals surface area contributed by atoms with Crippen molar-refractivity contribution < 1.29 is 0 Å². The molecule has 0 radical (unpaired) electrons. The second-order valence-corrected chi connectivity index (χ2v) is 8.87. The Hall–Kier alpha value is -3.75. The Labute approximate surface area is 190 Å². The van der Waals surface area contributed by atoms with Gasteiger partial charge in [-0.3, -0.25) is 10.1 Å². The van der Waals surface area contributed by atoms with Gasteiger partial charge in [-0.25, -0.2) is 4.98 Å². The number of nitriles is 1. The van der Waals surface area contributed by atoms with E-state index in [0.29, 0.717) is 5.15 Å². The highest BCUT2D eigenvalue weighted by molar-refractivity contribution is 6.29. The topological polar surface area (TPSA) is 78.2 Å². The van der Waals surface area contributed by atoms with Gasteiger partial charge < -0.3 is 0 Å². The van der Waals surface area contributed by atoms with E-state index < -0.39 is 5.41 Å². The van der Waals surface area contributed by atoms with Crippen LogP contribution in [0.3, 0.4) is 0 Å². The SMILES string of the molecule is Cc1cc(Cl)ncc1-c1ccc2ncc3[nH]nc(-c4ccc(C(C)(C)C#N)cc4)c3c2c1. The van der Waals surface area contributed by atoms with E-state index in [4.69, 9.17) is 11.6 Å². The van der Waals surface area contributed by atoms with Crippen molar-refractivity contribution in [3.8, 4) is 28.5 Å². The Balaban J connectivity index is 1.70. The molecule has 0 fully saturated rings. The maximum absolute atomic E-state index is 9.43. The van der Waals surface area contributed by atoms with Gasteiger partial charge >= 0.3 is 0 Å². The zero-order chi connectivity index (χ0) is 22.5. The van der Waals surface area contributed by atoms with Crippen LogP contribution >= 0.6 is 11.6 Å². The lowest BCUT2D eigenvalue weighted by atomic mass is 9.86. The number of nitrogens with one attached hydrogen (secondary N) is 1. The van der Waals surface area contributed by atoms with Crippen LogP contribution < -0.4 is 0 Å². The highest BCUT2D eigenvalue weighted by Gasteiger charge is 2.20. The Kier molecular flexibility index (Phi) is 4.69. The van der Waals surface area contributed by atoms with Gasteiger partial charge in [-0.05, 0) is 55.7 Å². The molecule has 32 heavy (non-hydrogen) atoms. The molecule has 0 saturated heterocycles. The van der Waals surface area contributed by atoms with Crippen molar-refractivity contribution in [1.82, 2.24) is 20.2 Å². The summed E-state index contributed by atoms with van der Waals surface area (Å²) in [6.45, 7) is 5.86. The number of hydrogen-bond acceptors (Lipinski definition) is 4. The predicted molar refractivity (Wildman–Crippen MR) is 128 cm³/mol. The summed E-state index contributed by atoms with van der Waals surface area (Å²) in [4.78, 5) is 8.86. The van der Waals surface area contributed by atoms with E-state index >= 15 is 0 Å². The molecule has 0 atom stereocenters. The number of aromatic nitrogens is 4. The standard InChI is InChI=1S/C26H20ClN5/c1-15-10-23(27)30-12-20(15)17-6-9-21-19(11-17)24-22(13-29-21)31-32-25(24)16-4-7-18(8-5-16)26(2,3)14-28/h4-13H,1-3H3,(H,31,32). The third kappa shape index (κ3) is 3.30. The summed E-state index contributed by atoms with van der Waals surface area (Å²) < 4.78 is 0. The quantitative estimate of drug-likeness (QED) is 0.322. The molecule has 0 aliphatic rings. The van der Waals surface area contributed by atoms with Crippen molar-refractivity contribution in [3.05, 3.63) is 77.2 Å². The van der Waals surface area contributed by atoms with Gasteiger partial charge in [0.2, 0.25) is 0 Å². The number of fused-ring (bicyclic) bond motifs is 3. The lowest BCUT2D eigenvalue weighted by Crippen LogP contribution is -2.13. The average Bonchev–Trinajstić information content (AvgIpc) is 3.24. The minimum atomic E-state index is -0.540. The number of pyridine rings is 2. The molecule has 5 rings (SSSR count). The van der Waals surface area contributed by atoms with Crippen molar-refractivity contribution in [2.45, 2.75) is 26.2 Å². The first-order valence-corrected chi connectivity index (χ1v) is 10.7. The smallest absolute Gasteiger partial charge is 0.129 e. The number of aromatic amines is 1. The van der Waals surface area contributed by atoms with E-state index in [-0.39, 0.29) is 0 Å². The number of aryl methyl sites for hydroxylation is 1. The molecule has 1 N–H and O–H groups in total. The molecule has 0 saturated carbocycles. The van der Waals surface area contributed by atoms with E-state index in [9.17, 15) is 5.26 Å². The molecule has 6 heteroatoms. The number of hydrogen-bond donors (Lipinski definition) is 1. The van der Waals surface area contributed by atoms with Gasteiger partial charge in [0.05, 0.1) is 28.7 Å². The molecule has 0 unspecified atom stereocenters. The molecule has 0 aliphatic heterocycles. The number of halogens is 1. The highest BCUT2D eigenvalue weighted by Crippen LogP contribution is 2.35. The lowest BCUT2D eigenvalue weighted by molar-refractivity contribution is 0.687. The molecule has 0 spiro atoms. The monoisotopic (exact) mass is 437 g/mol. The molecule has 156 valence electrons. The van der Waals surface area contributed by atoms with Gasteiger partial charge in [0, 0.05) is 28.1 Å². The summed E-state index contributed by atoms with van der Waals surface area (Å²) in [5.74, 6) is 0. The van der Waals surface area contributed by atoms with Crippen LogP contribution in [0.2, 0.25) is 5.15 Å². The van der Waals surface area contributed by atoms with E-state index in [1.54, 1.807) is 6.20 Å². The van der Waals surface area contributed by atoms with Crippen LogP contribution in [-0.2, 0) is 5.41 Å². The van der Waals surface area contributed by atoms with Gasteiger partial charge in [-0.2, -0.15) is 10.4 Å². The Bertz CT molecular complexity index is 1520. The highest BCUT2D eigenvalue weighted by atomic mass is 35.5. The van der Waals surface area contributed by atoms with Crippen molar-refractivity contribution in [1.29, 1.82) is 5.26 Å². The maximum atomic E-state index is 9.43. The van der Waals surface area contributed by atoms with Gasteiger partial charge in [0.25, 0.3) is 0 Å². The minimum absolute atomic E-state index is 0.483. The van der Waals surface area contributed by atoms with Crippen molar-refractivity contribution in [3.63, 3.8) is 0 Å². The number of H-pyrrole nitrogens is 1. The predicted octanol–water partition coefficient (Wildman–Crippen LogP) is 6.60. The van der Waals surface area contributed by atoms with Crippen molar-refractivity contribution in [2.24, 2.45) is 0 Å². The molecular formula is C26H20ClN5. The second kappa shape index (κ2) is 7.44. The van der Waals surface area contributed by atoms with Crippen LogP contribution in [0.15, 0.2) is 60.9 Å². The molecule has 5 nitrogen and oxygen atoms in total. The fraction of sp³-hybridized carbons (Fsp3) is 0.154. The lowest BCUT2D eigenvalue weighted by Gasteiger charge is -2.15. The van der Waals surface area contributed by atoms with E-state index in [1.807, 2.05) is 63.4 Å². The molecule has 0 bridgehead atoms. The summed E-state index contributed by atoms with van der Waals surface area (Å²) in [5, 5.41) is 19.7. The summed E-state index contributed by atoms with van der Waals surface area (Å²) in [7, 11) is 0. The Morgan fingerprint density at radius 3 is 2.44 bits per heavy atom. The van der Waals surface area contributed by atoms with E-state index in [1.165, 1.54) is 0 Å². The fourth-order valence-corrected chi connectivity index (χ4v) is 4.23. The summed E-state index contributed by atoms with van der Waals surface area (Å²) in [6.07, 6.45) is 3.62. The van der Waals surface area contributed by atoms with Gasteiger partial charge in [0.1, 0.15) is 10.8 Å². The first kappa shape index (κ1) is 20.2. The maximum Gasteiger partial charge on any atom is 0.129 e. The van der Waals surface area contributed by atoms with Crippen LogP contribution in [0.25, 0.3) is 44.2 Å². The first-order chi connectivity index (χ1) is 15.4. The number of nitrogens with zero attached hydrogens (tertiary/aromatic N) is 4. The molecule has 2 aromatic carbocycles. The van der Waals surface area contributed by atoms with Crippen LogP contribution in [0.4, 0.5) is 0 Å². The van der Waals surface area contributed by atoms with E-state index in [0.717, 1.165) is 55.3 Å². The molecule has 3 aromatic heterocycles. The van der Waals surface area contributed by atoms with Crippen LogP contribution in [-0.4, -0.2) is 20.2 Å². The minimum Gasteiger partial charge on any atom is -0.276 e. The van der Waals surface area contributed by atoms with Crippen molar-refractivity contribution in [2.75, 3.05) is 0 Å². The largest absolute Gasteiger partial charge is 0.276 e. The normalized spacial score (nSPS) is 11.7. The second-order valence-electron chi connectivity index (χ2n) is 8.49. The van der Waals surface area contributed by atoms with Crippen molar-refractivity contribution >= 4 is 33.4 Å². The molecule has 0 aliphatic carbocycles. The Morgan fingerprint density at radius 2 is 1.72 bits per heavy atom. The van der Waals surface area contributed by atoms with Gasteiger partial charge in [-0.15, -0.1) is 0 Å². The summed E-state index contributed by atoms with van der Waals surface area (Å²) in [6, 6.07) is 18.5. The third-order valence-electron chi connectivity index (χ3n) is 5.94. The zero-order valence-electron chi connectivity index (χ0n) is 17.9. The Morgan fingerprint density at radius 1 is 0.969 bits per heavy atom. The average molecular weight is 438 g/mol. The summed E-state index contributed by atoms with van der Waals surface area (Å²) in [5.41, 5.74) is 7.18. The van der Waals surface area contributed by atoms with Gasteiger partial charge in [0.15, 0.2) is 0 Å². The van der Waals surface area contributed by atoms with Crippen LogP contribution in [0.1, 0.15) is 25.0 Å². The fourth-order valence-electron chi connectivity index (χ4n) is 4.01.